The fourth-order valence-electron chi connectivity index (χ4n) is 5.01. The van der Waals surface area contributed by atoms with Crippen molar-refractivity contribution in [2.75, 3.05) is 23.9 Å². The van der Waals surface area contributed by atoms with Crippen molar-refractivity contribution in [1.29, 1.82) is 0 Å². The average Bonchev–Trinajstić information content (AvgIpc) is 2.93. The number of hydrogen-bond donors (Lipinski definition) is 0. The lowest BCUT2D eigenvalue weighted by molar-refractivity contribution is 0.00578. The predicted octanol–water partition coefficient (Wildman–Crippen LogP) is 3.57. The van der Waals surface area contributed by atoms with E-state index >= 15 is 0 Å². The molecule has 3 aliphatic rings. The molecule has 1 unspecified atom stereocenters. The standard InChI is InChI=1S/C25H31BN2O3/c1-24(2)25(3,4)31-26(30-24)21-8-7-9-22-20(21)13-11-18-15-16-14-17(27(5)6)10-12-19(16)23(29)28(18)22/h7-10,12,14,18H,11,13,15H2,1-6H3. The molecule has 1 atom stereocenters. The van der Waals surface area contributed by atoms with Crippen molar-refractivity contribution < 1.29 is 14.1 Å². The third kappa shape index (κ3) is 3.11. The maximum absolute atomic E-state index is 13.6. The summed E-state index contributed by atoms with van der Waals surface area (Å²) in [5.74, 6) is 0.101. The fraction of sp³-hybridized carbons (Fsp3) is 0.480. The molecule has 6 heteroatoms. The minimum atomic E-state index is -0.411. The summed E-state index contributed by atoms with van der Waals surface area (Å²) in [6.07, 6.45) is 2.76. The van der Waals surface area contributed by atoms with Gasteiger partial charge in [0.15, 0.2) is 0 Å². The van der Waals surface area contributed by atoms with E-state index in [-0.39, 0.29) is 23.2 Å². The van der Waals surface area contributed by atoms with Gasteiger partial charge in [0, 0.05) is 37.1 Å². The van der Waals surface area contributed by atoms with Crippen molar-refractivity contribution >= 4 is 29.9 Å². The highest BCUT2D eigenvalue weighted by Crippen LogP contribution is 2.40. The van der Waals surface area contributed by atoms with Crippen molar-refractivity contribution in [1.82, 2.24) is 0 Å². The Hall–Kier alpha value is -2.31. The molecule has 3 heterocycles. The highest BCUT2D eigenvalue weighted by molar-refractivity contribution is 6.63. The molecule has 5 nitrogen and oxygen atoms in total. The van der Waals surface area contributed by atoms with Gasteiger partial charge in [0.1, 0.15) is 0 Å². The largest absolute Gasteiger partial charge is 0.495 e. The summed E-state index contributed by atoms with van der Waals surface area (Å²) < 4.78 is 12.7. The van der Waals surface area contributed by atoms with Gasteiger partial charge in [-0.15, -0.1) is 0 Å². The lowest BCUT2D eigenvalue weighted by Crippen LogP contribution is -2.50. The topological polar surface area (TPSA) is 42.0 Å². The first kappa shape index (κ1) is 20.6. The van der Waals surface area contributed by atoms with Gasteiger partial charge in [-0.05, 0) is 87.8 Å². The maximum Gasteiger partial charge on any atom is 0.495 e. The number of amides is 1. The second-order valence-electron chi connectivity index (χ2n) is 10.2. The van der Waals surface area contributed by atoms with Gasteiger partial charge in [0.25, 0.3) is 5.91 Å². The molecule has 1 fully saturated rings. The van der Waals surface area contributed by atoms with E-state index in [9.17, 15) is 4.79 Å². The monoisotopic (exact) mass is 418 g/mol. The highest BCUT2D eigenvalue weighted by Gasteiger charge is 2.52. The van der Waals surface area contributed by atoms with Crippen LogP contribution >= 0.6 is 0 Å². The molecule has 162 valence electrons. The number of rotatable bonds is 2. The summed E-state index contributed by atoms with van der Waals surface area (Å²) in [4.78, 5) is 17.7. The molecule has 5 rings (SSSR count). The number of anilines is 2. The maximum atomic E-state index is 13.6. The van der Waals surface area contributed by atoms with Crippen LogP contribution in [0.2, 0.25) is 0 Å². The van der Waals surface area contributed by atoms with Crippen LogP contribution in [-0.4, -0.2) is 44.4 Å². The zero-order chi connectivity index (χ0) is 22.1. The minimum absolute atomic E-state index is 0.101. The molecule has 0 radical (unpaired) electrons. The number of hydrogen-bond acceptors (Lipinski definition) is 4. The Morgan fingerprint density at radius 3 is 2.45 bits per heavy atom. The smallest absolute Gasteiger partial charge is 0.399 e. The van der Waals surface area contributed by atoms with Gasteiger partial charge in [-0.1, -0.05) is 12.1 Å². The van der Waals surface area contributed by atoms with Gasteiger partial charge in [-0.2, -0.15) is 0 Å². The third-order valence-electron chi connectivity index (χ3n) is 7.56. The minimum Gasteiger partial charge on any atom is -0.399 e. The summed E-state index contributed by atoms with van der Waals surface area (Å²) in [7, 11) is 3.66. The molecule has 0 bridgehead atoms. The molecule has 0 aliphatic carbocycles. The molecule has 0 aromatic heterocycles. The summed E-state index contributed by atoms with van der Waals surface area (Å²) in [5, 5.41) is 0. The van der Waals surface area contributed by atoms with Crippen LogP contribution in [0.4, 0.5) is 11.4 Å². The number of benzene rings is 2. The normalized spacial score (nSPS) is 23.3. The van der Waals surface area contributed by atoms with E-state index in [1.54, 1.807) is 0 Å². The summed E-state index contributed by atoms with van der Waals surface area (Å²) >= 11 is 0. The second-order valence-corrected chi connectivity index (χ2v) is 10.2. The second kappa shape index (κ2) is 6.85. The molecule has 2 aromatic carbocycles. The first-order chi connectivity index (χ1) is 14.6. The molecule has 0 N–H and O–H groups in total. The van der Waals surface area contributed by atoms with Crippen LogP contribution in [0.1, 0.15) is 55.6 Å². The quantitative estimate of drug-likeness (QED) is 0.700. The van der Waals surface area contributed by atoms with Crippen molar-refractivity contribution in [3.63, 3.8) is 0 Å². The van der Waals surface area contributed by atoms with E-state index in [1.807, 2.05) is 37.2 Å². The van der Waals surface area contributed by atoms with Gasteiger partial charge in [-0.25, -0.2) is 0 Å². The molecular weight excluding hydrogens is 387 g/mol. The van der Waals surface area contributed by atoms with E-state index in [0.717, 1.165) is 47.2 Å². The molecule has 2 aromatic rings. The summed E-state index contributed by atoms with van der Waals surface area (Å²) in [6, 6.07) is 12.6. The third-order valence-corrected chi connectivity index (χ3v) is 7.56. The number of nitrogens with zero attached hydrogens (tertiary/aromatic N) is 2. The van der Waals surface area contributed by atoms with Gasteiger partial charge >= 0.3 is 7.12 Å². The number of carbonyl (C=O) groups is 1. The molecule has 0 spiro atoms. The van der Waals surface area contributed by atoms with Gasteiger partial charge < -0.3 is 19.1 Å². The number of fused-ring (bicyclic) bond motifs is 4. The number of carbonyl (C=O) groups excluding carboxylic acids is 1. The van der Waals surface area contributed by atoms with Crippen molar-refractivity contribution in [3.8, 4) is 0 Å². The van der Waals surface area contributed by atoms with Crippen molar-refractivity contribution in [3.05, 3.63) is 53.1 Å². The van der Waals surface area contributed by atoms with Crippen LogP contribution in [0, 0.1) is 0 Å². The van der Waals surface area contributed by atoms with Crippen LogP contribution in [0.3, 0.4) is 0 Å². The van der Waals surface area contributed by atoms with Crippen molar-refractivity contribution in [2.45, 2.75) is 64.2 Å². The first-order valence-corrected chi connectivity index (χ1v) is 11.2. The molecule has 1 saturated heterocycles. The molecular formula is C25H31BN2O3. The van der Waals surface area contributed by atoms with E-state index in [1.165, 1.54) is 5.56 Å². The summed E-state index contributed by atoms with van der Waals surface area (Å²) in [5.41, 5.74) is 5.58. The fourth-order valence-corrected chi connectivity index (χ4v) is 5.01. The Kier molecular flexibility index (Phi) is 4.55. The van der Waals surface area contributed by atoms with E-state index < -0.39 is 7.12 Å². The van der Waals surface area contributed by atoms with Crippen LogP contribution in [0.25, 0.3) is 0 Å². The van der Waals surface area contributed by atoms with Crippen LogP contribution < -0.4 is 15.3 Å². The molecule has 31 heavy (non-hydrogen) atoms. The zero-order valence-electron chi connectivity index (χ0n) is 19.4. The Bertz CT molecular complexity index is 1050. The lowest BCUT2D eigenvalue weighted by atomic mass is 9.72. The molecule has 3 aliphatic heterocycles. The average molecular weight is 418 g/mol. The SMILES string of the molecule is CN(C)c1ccc2c(c1)CC1CCc3c(B4OC(C)(C)C(C)(C)O4)cccc3N1C2=O. The van der Waals surface area contributed by atoms with Gasteiger partial charge in [-0.3, -0.25) is 4.79 Å². The van der Waals surface area contributed by atoms with Gasteiger partial charge in [0.2, 0.25) is 0 Å². The summed E-state index contributed by atoms with van der Waals surface area (Å²) in [6.45, 7) is 8.30. The zero-order valence-corrected chi connectivity index (χ0v) is 19.4. The molecule has 0 saturated carbocycles. The lowest BCUT2D eigenvalue weighted by Gasteiger charge is -2.42. The van der Waals surface area contributed by atoms with Crippen molar-refractivity contribution in [2.24, 2.45) is 0 Å². The Morgan fingerprint density at radius 2 is 1.77 bits per heavy atom. The van der Waals surface area contributed by atoms with Crippen LogP contribution in [-0.2, 0) is 22.2 Å². The Labute approximate surface area is 185 Å². The van der Waals surface area contributed by atoms with Crippen LogP contribution in [0.15, 0.2) is 36.4 Å². The highest BCUT2D eigenvalue weighted by atomic mass is 16.7. The Morgan fingerprint density at radius 1 is 1.06 bits per heavy atom. The Balaban J connectivity index is 1.53. The predicted molar refractivity (Wildman–Crippen MR) is 126 cm³/mol. The van der Waals surface area contributed by atoms with E-state index in [4.69, 9.17) is 9.31 Å². The van der Waals surface area contributed by atoms with Crippen LogP contribution in [0.5, 0.6) is 0 Å². The van der Waals surface area contributed by atoms with E-state index in [0.29, 0.717) is 0 Å². The first-order valence-electron chi connectivity index (χ1n) is 11.2. The van der Waals surface area contributed by atoms with E-state index in [2.05, 4.69) is 50.8 Å². The molecule has 1 amide bonds. The van der Waals surface area contributed by atoms with Gasteiger partial charge in [0.05, 0.1) is 11.2 Å².